The molecular weight excluding hydrogens is 266 g/mol. The highest BCUT2D eigenvalue weighted by molar-refractivity contribution is 5.33. The van der Waals surface area contributed by atoms with Crippen LogP contribution >= 0.6 is 0 Å². The van der Waals surface area contributed by atoms with Crippen molar-refractivity contribution < 1.29 is 9.84 Å². The predicted octanol–water partition coefficient (Wildman–Crippen LogP) is 1.67. The topological polar surface area (TPSA) is 59.3 Å². The van der Waals surface area contributed by atoms with Crippen LogP contribution in [0.15, 0.2) is 43.0 Å². The van der Waals surface area contributed by atoms with Crippen LogP contribution < -0.4 is 10.1 Å². The SMILES string of the molecule is CC(C)NC[C@@H](O)COc1ccccc1Cn1ccnc1. The van der Waals surface area contributed by atoms with Gasteiger partial charge in [0.05, 0.1) is 12.9 Å². The van der Waals surface area contributed by atoms with E-state index in [0.29, 0.717) is 19.1 Å². The lowest BCUT2D eigenvalue weighted by molar-refractivity contribution is 0.104. The Bertz CT molecular complexity index is 526. The van der Waals surface area contributed by atoms with Crippen LogP contribution in [-0.2, 0) is 6.54 Å². The van der Waals surface area contributed by atoms with Crippen LogP contribution in [0.5, 0.6) is 5.75 Å². The summed E-state index contributed by atoms with van der Waals surface area (Å²) in [6, 6.07) is 8.22. The number of nitrogens with zero attached hydrogens (tertiary/aromatic N) is 2. The van der Waals surface area contributed by atoms with Gasteiger partial charge >= 0.3 is 0 Å². The first-order valence-electron chi connectivity index (χ1n) is 7.23. The minimum Gasteiger partial charge on any atom is -0.490 e. The maximum atomic E-state index is 9.90. The third-order valence-electron chi connectivity index (χ3n) is 3.08. The molecule has 0 fully saturated rings. The van der Waals surface area contributed by atoms with E-state index in [0.717, 1.165) is 11.3 Å². The van der Waals surface area contributed by atoms with Crippen LogP contribution in [0.3, 0.4) is 0 Å². The van der Waals surface area contributed by atoms with E-state index in [4.69, 9.17) is 4.74 Å². The molecule has 0 saturated heterocycles. The number of rotatable bonds is 8. The Labute approximate surface area is 125 Å². The molecule has 2 aromatic rings. The second-order valence-corrected chi connectivity index (χ2v) is 5.37. The Kier molecular flexibility index (Phi) is 5.78. The molecule has 0 amide bonds. The maximum Gasteiger partial charge on any atom is 0.124 e. The summed E-state index contributed by atoms with van der Waals surface area (Å²) < 4.78 is 7.74. The van der Waals surface area contributed by atoms with Crippen molar-refractivity contribution in [3.63, 3.8) is 0 Å². The molecular formula is C16H23N3O2. The van der Waals surface area contributed by atoms with E-state index in [9.17, 15) is 5.11 Å². The minimum atomic E-state index is -0.520. The fourth-order valence-corrected chi connectivity index (χ4v) is 1.97. The Morgan fingerprint density at radius 2 is 2.14 bits per heavy atom. The Hall–Kier alpha value is -1.85. The molecule has 2 N–H and O–H groups in total. The Morgan fingerprint density at radius 1 is 1.33 bits per heavy atom. The van der Waals surface area contributed by atoms with Gasteiger partial charge in [0, 0.05) is 30.5 Å². The van der Waals surface area contributed by atoms with Gasteiger partial charge < -0.3 is 19.7 Å². The lowest BCUT2D eigenvalue weighted by Gasteiger charge is -2.17. The largest absolute Gasteiger partial charge is 0.490 e. The Morgan fingerprint density at radius 3 is 2.86 bits per heavy atom. The molecule has 0 aliphatic carbocycles. The van der Waals surface area contributed by atoms with Crippen LogP contribution in [0, 0.1) is 0 Å². The van der Waals surface area contributed by atoms with Crippen molar-refractivity contribution in [2.24, 2.45) is 0 Å². The molecule has 0 radical (unpaired) electrons. The fraction of sp³-hybridized carbons (Fsp3) is 0.438. The first kappa shape index (κ1) is 15.5. The number of aliphatic hydroxyl groups is 1. The highest BCUT2D eigenvalue weighted by Gasteiger charge is 2.08. The summed E-state index contributed by atoms with van der Waals surface area (Å²) in [6.07, 6.45) is 4.93. The van der Waals surface area contributed by atoms with E-state index in [1.54, 1.807) is 12.5 Å². The Balaban J connectivity index is 1.90. The number of nitrogens with one attached hydrogen (secondary N) is 1. The quantitative estimate of drug-likeness (QED) is 0.776. The average Bonchev–Trinajstić information content (AvgIpc) is 2.97. The second kappa shape index (κ2) is 7.81. The molecule has 5 heteroatoms. The van der Waals surface area contributed by atoms with E-state index in [1.165, 1.54) is 0 Å². The van der Waals surface area contributed by atoms with Gasteiger partial charge in [0.2, 0.25) is 0 Å². The average molecular weight is 289 g/mol. The number of benzene rings is 1. The van der Waals surface area contributed by atoms with Crippen LogP contribution in [0.25, 0.3) is 0 Å². The number of hydrogen-bond donors (Lipinski definition) is 2. The van der Waals surface area contributed by atoms with E-state index >= 15 is 0 Å². The molecule has 0 bridgehead atoms. The summed E-state index contributed by atoms with van der Waals surface area (Å²) in [4.78, 5) is 4.04. The van der Waals surface area contributed by atoms with Gasteiger partial charge in [0.15, 0.2) is 0 Å². The van der Waals surface area contributed by atoms with Gasteiger partial charge in [-0.05, 0) is 6.07 Å². The standard InChI is InChI=1S/C16H23N3O2/c1-13(2)18-9-15(20)11-21-16-6-4-3-5-14(16)10-19-8-7-17-12-19/h3-8,12-13,15,18,20H,9-11H2,1-2H3/t15-/m1/s1. The molecule has 114 valence electrons. The molecule has 1 atom stereocenters. The van der Waals surface area contributed by atoms with Gasteiger partial charge in [-0.2, -0.15) is 0 Å². The van der Waals surface area contributed by atoms with E-state index < -0.39 is 6.10 Å². The van der Waals surface area contributed by atoms with Crippen molar-refractivity contribution in [1.29, 1.82) is 0 Å². The molecule has 2 rings (SSSR count). The highest BCUT2D eigenvalue weighted by atomic mass is 16.5. The minimum absolute atomic E-state index is 0.278. The first-order valence-corrected chi connectivity index (χ1v) is 7.23. The van der Waals surface area contributed by atoms with Crippen molar-refractivity contribution >= 4 is 0 Å². The second-order valence-electron chi connectivity index (χ2n) is 5.37. The van der Waals surface area contributed by atoms with Gasteiger partial charge in [0.25, 0.3) is 0 Å². The summed E-state index contributed by atoms with van der Waals surface area (Å²) >= 11 is 0. The molecule has 0 aliphatic heterocycles. The van der Waals surface area contributed by atoms with Gasteiger partial charge in [0.1, 0.15) is 18.5 Å². The molecule has 0 saturated carbocycles. The van der Waals surface area contributed by atoms with Crippen molar-refractivity contribution in [3.8, 4) is 5.75 Å². The fourth-order valence-electron chi connectivity index (χ4n) is 1.97. The van der Waals surface area contributed by atoms with Crippen LogP contribution in [0.4, 0.5) is 0 Å². The number of ether oxygens (including phenoxy) is 1. The molecule has 1 heterocycles. The smallest absolute Gasteiger partial charge is 0.124 e. The first-order chi connectivity index (χ1) is 10.1. The van der Waals surface area contributed by atoms with Gasteiger partial charge in [-0.15, -0.1) is 0 Å². The van der Waals surface area contributed by atoms with Crippen LogP contribution in [-0.4, -0.2) is 40.0 Å². The summed E-state index contributed by atoms with van der Waals surface area (Å²) in [5.41, 5.74) is 1.07. The number of aromatic nitrogens is 2. The number of aliphatic hydroxyl groups excluding tert-OH is 1. The predicted molar refractivity (Wildman–Crippen MR) is 82.4 cm³/mol. The summed E-state index contributed by atoms with van der Waals surface area (Å²) in [5, 5.41) is 13.1. The summed E-state index contributed by atoms with van der Waals surface area (Å²) in [6.45, 7) is 5.61. The zero-order valence-corrected chi connectivity index (χ0v) is 12.6. The molecule has 0 aliphatic rings. The lowest BCUT2D eigenvalue weighted by Crippen LogP contribution is -2.35. The van der Waals surface area contributed by atoms with Gasteiger partial charge in [-0.25, -0.2) is 4.98 Å². The number of imidazole rings is 1. The van der Waals surface area contributed by atoms with Crippen molar-refractivity contribution in [2.45, 2.75) is 32.5 Å². The number of para-hydroxylation sites is 1. The molecule has 0 spiro atoms. The van der Waals surface area contributed by atoms with Crippen molar-refractivity contribution in [3.05, 3.63) is 48.5 Å². The molecule has 1 aromatic heterocycles. The maximum absolute atomic E-state index is 9.90. The van der Waals surface area contributed by atoms with Crippen LogP contribution in [0.1, 0.15) is 19.4 Å². The van der Waals surface area contributed by atoms with Crippen molar-refractivity contribution in [2.75, 3.05) is 13.2 Å². The molecule has 21 heavy (non-hydrogen) atoms. The van der Waals surface area contributed by atoms with Gasteiger partial charge in [-0.3, -0.25) is 0 Å². The third kappa shape index (κ3) is 5.21. The van der Waals surface area contributed by atoms with Gasteiger partial charge in [-0.1, -0.05) is 32.0 Å². The van der Waals surface area contributed by atoms with Crippen molar-refractivity contribution in [1.82, 2.24) is 14.9 Å². The van der Waals surface area contributed by atoms with E-state index in [2.05, 4.69) is 10.3 Å². The highest BCUT2D eigenvalue weighted by Crippen LogP contribution is 2.19. The normalized spacial score (nSPS) is 12.6. The molecule has 5 nitrogen and oxygen atoms in total. The molecule has 0 unspecified atom stereocenters. The lowest BCUT2D eigenvalue weighted by atomic mass is 10.2. The van der Waals surface area contributed by atoms with E-state index in [1.807, 2.05) is 48.9 Å². The summed E-state index contributed by atoms with van der Waals surface area (Å²) in [5.74, 6) is 0.801. The zero-order valence-electron chi connectivity index (χ0n) is 12.6. The zero-order chi connectivity index (χ0) is 15.1. The monoisotopic (exact) mass is 289 g/mol. The van der Waals surface area contributed by atoms with Crippen LogP contribution in [0.2, 0.25) is 0 Å². The third-order valence-corrected chi connectivity index (χ3v) is 3.08. The number of hydrogen-bond acceptors (Lipinski definition) is 4. The summed E-state index contributed by atoms with van der Waals surface area (Å²) in [7, 11) is 0. The van der Waals surface area contributed by atoms with E-state index in [-0.39, 0.29) is 6.61 Å². The molecule has 1 aromatic carbocycles.